The molecule has 4 heteroatoms. The summed E-state index contributed by atoms with van der Waals surface area (Å²) < 4.78 is 0. The molecular weight excluding hydrogens is 360 g/mol. The second-order valence-electron chi connectivity index (χ2n) is 8.68. The lowest BCUT2D eigenvalue weighted by atomic mass is 9.92. The number of amides is 2. The third-order valence-corrected chi connectivity index (χ3v) is 5.73. The van der Waals surface area contributed by atoms with Gasteiger partial charge in [0.15, 0.2) is 0 Å². The fraction of sp³-hybridized carbons (Fsp3) is 0.440. The van der Waals surface area contributed by atoms with Gasteiger partial charge in [-0.05, 0) is 28.5 Å². The van der Waals surface area contributed by atoms with Crippen LogP contribution in [0.2, 0.25) is 0 Å². The van der Waals surface area contributed by atoms with Gasteiger partial charge in [-0.15, -0.1) is 0 Å². The summed E-state index contributed by atoms with van der Waals surface area (Å²) in [4.78, 5) is 29.6. The number of para-hydroxylation sites is 1. The molecule has 1 heterocycles. The first-order valence-corrected chi connectivity index (χ1v) is 10.5. The maximum absolute atomic E-state index is 13.1. The Balaban J connectivity index is 1.83. The van der Waals surface area contributed by atoms with E-state index in [-0.39, 0.29) is 24.2 Å². The quantitative estimate of drug-likeness (QED) is 0.698. The maximum atomic E-state index is 13.1. The van der Waals surface area contributed by atoms with Gasteiger partial charge in [-0.25, -0.2) is 0 Å². The molecule has 1 fully saturated rings. The number of carbonyl (C=O) groups excluding carboxylic acids is 2. The number of rotatable bonds is 6. The molecule has 1 atom stereocenters. The zero-order valence-electron chi connectivity index (χ0n) is 18.2. The summed E-state index contributed by atoms with van der Waals surface area (Å²) >= 11 is 0. The maximum Gasteiger partial charge on any atom is 0.228 e. The largest absolute Gasteiger partial charge is 0.341 e. The van der Waals surface area contributed by atoms with Gasteiger partial charge in [0.25, 0.3) is 0 Å². The lowest BCUT2D eigenvalue weighted by molar-refractivity contribution is -0.135. The molecule has 2 aromatic rings. The predicted octanol–water partition coefficient (Wildman–Crippen LogP) is 4.94. The lowest BCUT2D eigenvalue weighted by Crippen LogP contribution is -2.34. The molecule has 0 aromatic heterocycles. The van der Waals surface area contributed by atoms with Crippen molar-refractivity contribution in [2.75, 3.05) is 18.5 Å². The number of nitrogens with zero attached hydrogens (tertiary/aromatic N) is 2. The molecule has 1 aliphatic rings. The van der Waals surface area contributed by atoms with Crippen LogP contribution in [0.3, 0.4) is 0 Å². The van der Waals surface area contributed by atoms with Crippen molar-refractivity contribution in [1.29, 1.82) is 0 Å². The minimum atomic E-state index is -0.295. The summed E-state index contributed by atoms with van der Waals surface area (Å²) in [5.41, 5.74) is 4.46. The van der Waals surface area contributed by atoms with Crippen molar-refractivity contribution in [2.24, 2.45) is 5.92 Å². The van der Waals surface area contributed by atoms with Crippen LogP contribution in [-0.4, -0.2) is 30.3 Å². The van der Waals surface area contributed by atoms with Crippen LogP contribution >= 0.6 is 0 Å². The van der Waals surface area contributed by atoms with Crippen molar-refractivity contribution in [3.05, 3.63) is 65.2 Å². The van der Waals surface area contributed by atoms with Crippen LogP contribution in [0.4, 0.5) is 5.69 Å². The molecule has 1 saturated heterocycles. The molecule has 0 spiro atoms. The van der Waals surface area contributed by atoms with E-state index >= 15 is 0 Å². The van der Waals surface area contributed by atoms with E-state index < -0.39 is 0 Å². The van der Waals surface area contributed by atoms with E-state index in [1.54, 1.807) is 4.90 Å². The average Bonchev–Trinajstić information content (AvgIpc) is 3.08. The summed E-state index contributed by atoms with van der Waals surface area (Å²) in [5.74, 6) is 0.416. The normalized spacial score (nSPS) is 16.7. The molecule has 2 amide bonds. The molecule has 4 nitrogen and oxygen atoms in total. The van der Waals surface area contributed by atoms with Gasteiger partial charge in [-0.3, -0.25) is 9.59 Å². The van der Waals surface area contributed by atoms with Gasteiger partial charge in [0.1, 0.15) is 0 Å². The molecule has 2 aromatic carbocycles. The molecule has 154 valence electrons. The number of benzene rings is 2. The van der Waals surface area contributed by atoms with E-state index in [4.69, 9.17) is 0 Å². The number of carbonyl (C=O) groups is 2. The molecule has 1 aliphatic heterocycles. The first-order chi connectivity index (χ1) is 13.8. The Morgan fingerprint density at radius 1 is 1.00 bits per heavy atom. The minimum absolute atomic E-state index is 0.0397. The Morgan fingerprint density at radius 2 is 1.59 bits per heavy atom. The van der Waals surface area contributed by atoms with Crippen LogP contribution in [0.15, 0.2) is 48.5 Å². The second-order valence-corrected chi connectivity index (χ2v) is 8.68. The predicted molar refractivity (Wildman–Crippen MR) is 118 cm³/mol. The average molecular weight is 393 g/mol. The first-order valence-electron chi connectivity index (χ1n) is 10.5. The lowest BCUT2D eigenvalue weighted by Gasteiger charge is -2.27. The van der Waals surface area contributed by atoms with E-state index in [1.807, 2.05) is 42.3 Å². The van der Waals surface area contributed by atoms with Crippen LogP contribution in [0.25, 0.3) is 0 Å². The Hall–Kier alpha value is -2.62. The van der Waals surface area contributed by atoms with Gasteiger partial charge in [0.2, 0.25) is 11.8 Å². The Labute approximate surface area is 174 Å². The van der Waals surface area contributed by atoms with Crippen molar-refractivity contribution in [3.63, 3.8) is 0 Å². The number of hydrogen-bond acceptors (Lipinski definition) is 2. The van der Waals surface area contributed by atoms with Crippen LogP contribution in [0.1, 0.15) is 62.6 Å². The molecule has 1 unspecified atom stereocenters. The fourth-order valence-electron chi connectivity index (χ4n) is 4.16. The van der Waals surface area contributed by atoms with Crippen LogP contribution in [0, 0.1) is 5.92 Å². The summed E-state index contributed by atoms with van der Waals surface area (Å²) in [6.45, 7) is 9.63. The standard InChI is InChI=1S/C25H32N2O2/c1-17(2)21-12-9-13-22(18(3)4)24(21)27-16-20(14-23(27)28)25(29)26(5)15-19-10-7-6-8-11-19/h6-13,17-18,20H,14-16H2,1-5H3. The van der Waals surface area contributed by atoms with Crippen molar-refractivity contribution in [3.8, 4) is 0 Å². The van der Waals surface area contributed by atoms with Crippen LogP contribution < -0.4 is 4.90 Å². The van der Waals surface area contributed by atoms with E-state index in [9.17, 15) is 9.59 Å². The van der Waals surface area contributed by atoms with Crippen molar-refractivity contribution in [1.82, 2.24) is 4.90 Å². The second kappa shape index (κ2) is 8.81. The Morgan fingerprint density at radius 3 is 2.14 bits per heavy atom. The van der Waals surface area contributed by atoms with E-state index in [0.29, 0.717) is 24.9 Å². The van der Waals surface area contributed by atoms with Gasteiger partial charge in [-0.1, -0.05) is 76.2 Å². The third-order valence-electron chi connectivity index (χ3n) is 5.73. The summed E-state index contributed by atoms with van der Waals surface area (Å²) in [5, 5.41) is 0. The van der Waals surface area contributed by atoms with E-state index in [2.05, 4.69) is 45.9 Å². The number of hydrogen-bond donors (Lipinski definition) is 0. The van der Waals surface area contributed by atoms with Crippen molar-refractivity contribution < 1.29 is 9.59 Å². The molecule has 0 saturated carbocycles. The fourth-order valence-corrected chi connectivity index (χ4v) is 4.16. The van der Waals surface area contributed by atoms with Gasteiger partial charge in [0, 0.05) is 26.6 Å². The van der Waals surface area contributed by atoms with Crippen molar-refractivity contribution >= 4 is 17.5 Å². The molecule has 0 N–H and O–H groups in total. The van der Waals surface area contributed by atoms with E-state index in [0.717, 1.165) is 11.3 Å². The SMILES string of the molecule is CC(C)c1cccc(C(C)C)c1N1CC(C(=O)N(C)Cc2ccccc2)CC1=O. The Bertz CT molecular complexity index is 847. The molecule has 0 aliphatic carbocycles. The molecule has 29 heavy (non-hydrogen) atoms. The molecular formula is C25H32N2O2. The van der Waals surface area contributed by atoms with Gasteiger partial charge in [-0.2, -0.15) is 0 Å². The van der Waals surface area contributed by atoms with Crippen LogP contribution in [0.5, 0.6) is 0 Å². The van der Waals surface area contributed by atoms with Gasteiger partial charge >= 0.3 is 0 Å². The van der Waals surface area contributed by atoms with Gasteiger partial charge in [0.05, 0.1) is 11.6 Å². The zero-order chi connectivity index (χ0) is 21.1. The summed E-state index contributed by atoms with van der Waals surface area (Å²) in [7, 11) is 1.82. The topological polar surface area (TPSA) is 40.6 Å². The summed E-state index contributed by atoms with van der Waals surface area (Å²) in [6, 6.07) is 16.2. The highest BCUT2D eigenvalue weighted by atomic mass is 16.2. The van der Waals surface area contributed by atoms with Gasteiger partial charge < -0.3 is 9.80 Å². The number of anilines is 1. The highest BCUT2D eigenvalue weighted by Gasteiger charge is 2.38. The van der Waals surface area contributed by atoms with Crippen LogP contribution in [-0.2, 0) is 16.1 Å². The molecule has 0 bridgehead atoms. The van der Waals surface area contributed by atoms with Crippen molar-refractivity contribution in [2.45, 2.75) is 52.5 Å². The highest BCUT2D eigenvalue weighted by molar-refractivity contribution is 6.01. The summed E-state index contributed by atoms with van der Waals surface area (Å²) in [6.07, 6.45) is 0.280. The highest BCUT2D eigenvalue weighted by Crippen LogP contribution is 2.38. The minimum Gasteiger partial charge on any atom is -0.341 e. The van der Waals surface area contributed by atoms with E-state index in [1.165, 1.54) is 11.1 Å². The first kappa shape index (κ1) is 21.1. The molecule has 0 radical (unpaired) electrons. The smallest absolute Gasteiger partial charge is 0.228 e. The zero-order valence-corrected chi connectivity index (χ0v) is 18.2. The third kappa shape index (κ3) is 4.52. The Kier molecular flexibility index (Phi) is 6.41. The molecule has 3 rings (SSSR count). The monoisotopic (exact) mass is 392 g/mol.